The molecule has 0 aliphatic carbocycles. The molecule has 2 aliphatic rings. The van der Waals surface area contributed by atoms with Crippen LogP contribution in [0, 0.1) is 0 Å². The normalized spacial score (nSPS) is 39.4. The molecule has 2 rings (SSSR count). The lowest BCUT2D eigenvalue weighted by atomic mass is 9.97. The number of rotatable bonds is 12. The van der Waals surface area contributed by atoms with Crippen molar-refractivity contribution >= 4 is 17.3 Å². The summed E-state index contributed by atoms with van der Waals surface area (Å²) in [4.78, 5) is 0. The second kappa shape index (κ2) is 14.1. The molecule has 194 valence electrons. The van der Waals surface area contributed by atoms with Crippen molar-refractivity contribution in [3.63, 3.8) is 0 Å². The number of aliphatic hydroxyl groups excluding tert-OH is 6. The maximum atomic E-state index is 10.7. The van der Waals surface area contributed by atoms with E-state index in [0.29, 0.717) is 13.2 Å². The van der Waals surface area contributed by atoms with E-state index >= 15 is 0 Å². The molecule has 0 radical (unpaired) electrons. The maximum absolute atomic E-state index is 10.7. The highest BCUT2D eigenvalue weighted by atomic mass is 32.1. The van der Waals surface area contributed by atoms with Gasteiger partial charge in [-0.05, 0) is 19.3 Å². The Morgan fingerprint density at radius 1 is 0.848 bits per heavy atom. The molecule has 2 saturated heterocycles. The third kappa shape index (κ3) is 7.70. The number of aliphatic hydroxyl groups is 6. The molecule has 7 N–H and O–H groups in total. The van der Waals surface area contributed by atoms with Crippen molar-refractivity contribution in [3.05, 3.63) is 0 Å². The quantitative estimate of drug-likeness (QED) is 0.102. The molecular formula is C19H35NO12S. The molecule has 2 fully saturated rings. The minimum absolute atomic E-state index is 0.0388. The number of hydrogen-bond donors (Lipinski definition) is 7. The van der Waals surface area contributed by atoms with Crippen LogP contribution in [-0.2, 0) is 28.4 Å². The van der Waals surface area contributed by atoms with E-state index in [1.165, 1.54) is 6.92 Å². The van der Waals surface area contributed by atoms with E-state index in [1.54, 1.807) is 7.05 Å². The summed E-state index contributed by atoms with van der Waals surface area (Å²) in [5.41, 5.74) is 0. The standard InChI is InChI=1S/C19H35NO12S/c1-9(33)29-16-13(24)11(8-22)30-18(15(16)26)32-17-14(25)12(23)10(7-21)31-19(17)28-6-5-27-4-3-20-2/h10-26H,3-8H2,1-2H3/t10-,11+,12+,13+,14-,15-,16-,17-,18+,19?/m0/s1. The molecule has 2 aliphatic heterocycles. The number of ether oxygens (including phenoxy) is 6. The van der Waals surface area contributed by atoms with Crippen LogP contribution in [0.1, 0.15) is 6.92 Å². The molecule has 1 unspecified atom stereocenters. The van der Waals surface area contributed by atoms with Crippen molar-refractivity contribution in [3.8, 4) is 0 Å². The molecular weight excluding hydrogens is 466 g/mol. The number of hydrogen-bond acceptors (Lipinski definition) is 14. The fraction of sp³-hybridized carbons (Fsp3) is 0.947. The predicted molar refractivity (Wildman–Crippen MR) is 114 cm³/mol. The van der Waals surface area contributed by atoms with Crippen LogP contribution in [0.25, 0.3) is 0 Å². The van der Waals surface area contributed by atoms with Crippen LogP contribution in [0.2, 0.25) is 0 Å². The highest BCUT2D eigenvalue weighted by Crippen LogP contribution is 2.30. The molecule has 0 aromatic heterocycles. The second-order valence-electron chi connectivity index (χ2n) is 7.67. The molecule has 33 heavy (non-hydrogen) atoms. The summed E-state index contributed by atoms with van der Waals surface area (Å²) in [7, 11) is 1.78. The topological polar surface area (TPSA) is 189 Å². The van der Waals surface area contributed by atoms with Gasteiger partial charge in [-0.2, -0.15) is 0 Å². The van der Waals surface area contributed by atoms with E-state index in [2.05, 4.69) is 5.32 Å². The smallest absolute Gasteiger partial charge is 0.188 e. The largest absolute Gasteiger partial charge is 0.478 e. The molecule has 0 saturated carbocycles. The third-order valence-electron chi connectivity index (χ3n) is 5.25. The number of likely N-dealkylation sites (N-methyl/N-ethyl adjacent to an activating group) is 1. The Labute approximate surface area is 197 Å². The van der Waals surface area contributed by atoms with Crippen molar-refractivity contribution in [2.45, 2.75) is 68.3 Å². The van der Waals surface area contributed by atoms with Crippen molar-refractivity contribution in [2.24, 2.45) is 0 Å². The van der Waals surface area contributed by atoms with Crippen molar-refractivity contribution in [2.75, 3.05) is 46.6 Å². The molecule has 0 amide bonds. The molecule has 0 aromatic rings. The van der Waals surface area contributed by atoms with E-state index in [0.717, 1.165) is 0 Å². The zero-order chi connectivity index (χ0) is 24.5. The van der Waals surface area contributed by atoms with E-state index in [4.69, 9.17) is 40.6 Å². The van der Waals surface area contributed by atoms with Gasteiger partial charge < -0.3 is 64.4 Å². The van der Waals surface area contributed by atoms with Gasteiger partial charge in [-0.25, -0.2) is 0 Å². The van der Waals surface area contributed by atoms with Crippen LogP contribution in [0.5, 0.6) is 0 Å². The first-order valence-corrected chi connectivity index (χ1v) is 11.1. The summed E-state index contributed by atoms with van der Waals surface area (Å²) < 4.78 is 33.0. The van der Waals surface area contributed by atoms with Gasteiger partial charge in [0.15, 0.2) is 23.7 Å². The van der Waals surface area contributed by atoms with E-state index < -0.39 is 74.6 Å². The highest BCUT2D eigenvalue weighted by Gasteiger charge is 2.51. The third-order valence-corrected chi connectivity index (χ3v) is 5.34. The van der Waals surface area contributed by atoms with Crippen LogP contribution in [0.4, 0.5) is 0 Å². The van der Waals surface area contributed by atoms with Gasteiger partial charge in [-0.1, -0.05) is 0 Å². The predicted octanol–water partition coefficient (Wildman–Crippen LogP) is -3.77. The fourth-order valence-electron chi connectivity index (χ4n) is 3.49. The van der Waals surface area contributed by atoms with Gasteiger partial charge in [0.1, 0.15) is 42.7 Å². The van der Waals surface area contributed by atoms with Gasteiger partial charge in [0, 0.05) is 13.5 Å². The van der Waals surface area contributed by atoms with Gasteiger partial charge in [0.2, 0.25) is 0 Å². The summed E-state index contributed by atoms with van der Waals surface area (Å²) in [5.74, 6) is 0. The monoisotopic (exact) mass is 501 g/mol. The van der Waals surface area contributed by atoms with Gasteiger partial charge >= 0.3 is 0 Å². The van der Waals surface area contributed by atoms with Crippen LogP contribution in [-0.4, -0.2) is 144 Å². The van der Waals surface area contributed by atoms with Gasteiger partial charge in [-0.3, -0.25) is 0 Å². The maximum Gasteiger partial charge on any atom is 0.188 e. The fourth-order valence-corrected chi connectivity index (χ4v) is 3.60. The molecule has 14 heteroatoms. The summed E-state index contributed by atoms with van der Waals surface area (Å²) >= 11 is 4.88. The van der Waals surface area contributed by atoms with Crippen molar-refractivity contribution < 1.29 is 59.1 Å². The molecule has 0 spiro atoms. The first-order valence-electron chi connectivity index (χ1n) is 10.7. The lowest BCUT2D eigenvalue weighted by Gasteiger charge is -2.46. The van der Waals surface area contributed by atoms with Crippen LogP contribution in [0.15, 0.2) is 0 Å². The molecule has 2 heterocycles. The summed E-state index contributed by atoms with van der Waals surface area (Å²) in [6.45, 7) is 1.56. The lowest BCUT2D eigenvalue weighted by Crippen LogP contribution is -2.65. The van der Waals surface area contributed by atoms with Gasteiger partial charge in [-0.15, -0.1) is 0 Å². The molecule has 13 nitrogen and oxygen atoms in total. The molecule has 0 bridgehead atoms. The van der Waals surface area contributed by atoms with Gasteiger partial charge in [0.25, 0.3) is 0 Å². The minimum atomic E-state index is -1.59. The Kier molecular flexibility index (Phi) is 12.2. The Morgan fingerprint density at radius 3 is 2.09 bits per heavy atom. The summed E-state index contributed by atoms with van der Waals surface area (Å²) in [6, 6.07) is 0. The van der Waals surface area contributed by atoms with Crippen LogP contribution < -0.4 is 5.32 Å². The van der Waals surface area contributed by atoms with Crippen LogP contribution in [0.3, 0.4) is 0 Å². The van der Waals surface area contributed by atoms with E-state index in [-0.39, 0.29) is 18.3 Å². The molecule has 0 aromatic carbocycles. The minimum Gasteiger partial charge on any atom is -0.478 e. The van der Waals surface area contributed by atoms with Gasteiger partial charge in [0.05, 0.1) is 33.0 Å². The Hall–Kier alpha value is -0.590. The first kappa shape index (κ1) is 28.6. The summed E-state index contributed by atoms with van der Waals surface area (Å²) in [5, 5.41) is 63.8. The average molecular weight is 502 g/mol. The molecule has 10 atom stereocenters. The first-order chi connectivity index (χ1) is 15.7. The van der Waals surface area contributed by atoms with E-state index in [9.17, 15) is 30.6 Å². The Balaban J connectivity index is 2.11. The Bertz CT molecular complexity index is 589. The SMILES string of the molecule is CNCCOCCOC1O[C@@H](CO)[C@@H](O)[C@H](O)[C@@H]1O[C@H]1O[C@H](CO)[C@@H](O)[C@H](OC(C)=S)[C@@H]1O. The van der Waals surface area contributed by atoms with Crippen molar-refractivity contribution in [1.29, 1.82) is 0 Å². The highest BCUT2D eigenvalue weighted by molar-refractivity contribution is 7.80. The zero-order valence-corrected chi connectivity index (χ0v) is 19.4. The van der Waals surface area contributed by atoms with E-state index in [1.807, 2.05) is 0 Å². The lowest BCUT2D eigenvalue weighted by molar-refractivity contribution is -0.366. The second-order valence-corrected chi connectivity index (χ2v) is 8.25. The average Bonchev–Trinajstić information content (AvgIpc) is 2.79. The zero-order valence-electron chi connectivity index (χ0n) is 18.6. The number of thiocarbonyl (C=S) groups is 1. The van der Waals surface area contributed by atoms with Crippen LogP contribution >= 0.6 is 12.2 Å². The number of nitrogens with one attached hydrogen (secondary N) is 1. The van der Waals surface area contributed by atoms with Crippen molar-refractivity contribution in [1.82, 2.24) is 5.32 Å². The Morgan fingerprint density at radius 2 is 1.48 bits per heavy atom. The summed E-state index contributed by atoms with van der Waals surface area (Å²) in [6.07, 6.45) is -13.9.